The third kappa shape index (κ3) is 3.72. The predicted molar refractivity (Wildman–Crippen MR) is 109 cm³/mol. The molecule has 2 amide bonds. The van der Waals surface area contributed by atoms with Gasteiger partial charge in [0.2, 0.25) is 11.8 Å². The molecule has 4 rings (SSSR count). The summed E-state index contributed by atoms with van der Waals surface area (Å²) in [7, 11) is 0. The van der Waals surface area contributed by atoms with E-state index in [4.69, 9.17) is 0 Å². The van der Waals surface area contributed by atoms with Gasteiger partial charge in [-0.25, -0.2) is 0 Å². The number of hydrogen-bond donors (Lipinski definition) is 2. The SMILES string of the molecule is CC(NC(=O)[C@@]12CCCC[C@H]1CNC2)c1ccc(N2CCCC2=O)cc1.Cl. The molecular formula is C21H30ClN3O2. The number of fused-ring (bicyclic) bond motifs is 1. The first-order valence-electron chi connectivity index (χ1n) is 10.0. The molecule has 1 unspecified atom stereocenters. The molecule has 3 aliphatic rings. The Bertz CT molecular complexity index is 693. The van der Waals surface area contributed by atoms with E-state index >= 15 is 0 Å². The van der Waals surface area contributed by atoms with E-state index in [0.717, 1.165) is 56.6 Å². The highest BCUT2D eigenvalue weighted by Crippen LogP contribution is 2.44. The van der Waals surface area contributed by atoms with Crippen LogP contribution in [0.15, 0.2) is 24.3 Å². The number of carbonyl (C=O) groups excluding carboxylic acids is 2. The lowest BCUT2D eigenvalue weighted by Gasteiger charge is -2.38. The van der Waals surface area contributed by atoms with Gasteiger partial charge in [0, 0.05) is 25.2 Å². The summed E-state index contributed by atoms with van der Waals surface area (Å²) in [5.74, 6) is 0.890. The van der Waals surface area contributed by atoms with Crippen molar-refractivity contribution < 1.29 is 9.59 Å². The number of nitrogens with zero attached hydrogens (tertiary/aromatic N) is 1. The Morgan fingerprint density at radius 3 is 2.74 bits per heavy atom. The van der Waals surface area contributed by atoms with Gasteiger partial charge >= 0.3 is 0 Å². The van der Waals surface area contributed by atoms with Gasteiger partial charge in [0.1, 0.15) is 0 Å². The Kier molecular flexibility index (Phi) is 6.11. The van der Waals surface area contributed by atoms with E-state index in [9.17, 15) is 9.59 Å². The van der Waals surface area contributed by atoms with E-state index in [-0.39, 0.29) is 35.7 Å². The number of anilines is 1. The van der Waals surface area contributed by atoms with Crippen molar-refractivity contribution in [2.24, 2.45) is 11.3 Å². The molecule has 148 valence electrons. The van der Waals surface area contributed by atoms with E-state index in [1.165, 1.54) is 6.42 Å². The Labute approximate surface area is 167 Å². The number of hydrogen-bond acceptors (Lipinski definition) is 3. The lowest BCUT2D eigenvalue weighted by molar-refractivity contribution is -0.134. The van der Waals surface area contributed by atoms with E-state index in [2.05, 4.69) is 10.6 Å². The summed E-state index contributed by atoms with van der Waals surface area (Å²) in [6.07, 6.45) is 6.13. The number of benzene rings is 1. The fourth-order valence-corrected chi connectivity index (χ4v) is 4.98. The number of rotatable bonds is 4. The minimum atomic E-state index is -0.214. The van der Waals surface area contributed by atoms with Gasteiger partial charge in [0.15, 0.2) is 0 Å². The average Bonchev–Trinajstić information content (AvgIpc) is 3.28. The molecule has 3 atom stereocenters. The quantitative estimate of drug-likeness (QED) is 0.828. The summed E-state index contributed by atoms with van der Waals surface area (Å²) >= 11 is 0. The number of halogens is 1. The second-order valence-electron chi connectivity index (χ2n) is 8.17. The monoisotopic (exact) mass is 391 g/mol. The van der Waals surface area contributed by atoms with Gasteiger partial charge < -0.3 is 15.5 Å². The van der Waals surface area contributed by atoms with Crippen LogP contribution in [0.1, 0.15) is 57.1 Å². The molecule has 3 fully saturated rings. The minimum Gasteiger partial charge on any atom is -0.349 e. The van der Waals surface area contributed by atoms with Gasteiger partial charge in [-0.2, -0.15) is 0 Å². The minimum absolute atomic E-state index is 0. The molecule has 1 saturated carbocycles. The first kappa shape index (κ1) is 20.2. The average molecular weight is 392 g/mol. The zero-order chi connectivity index (χ0) is 18.1. The van der Waals surface area contributed by atoms with Crippen LogP contribution in [0.3, 0.4) is 0 Å². The Morgan fingerprint density at radius 1 is 1.26 bits per heavy atom. The molecule has 0 bridgehead atoms. The zero-order valence-electron chi connectivity index (χ0n) is 16.0. The largest absolute Gasteiger partial charge is 0.349 e. The Balaban J connectivity index is 0.00000210. The van der Waals surface area contributed by atoms with Crippen molar-refractivity contribution in [1.82, 2.24) is 10.6 Å². The van der Waals surface area contributed by atoms with Gasteiger partial charge in [-0.15, -0.1) is 12.4 Å². The summed E-state index contributed by atoms with van der Waals surface area (Å²) < 4.78 is 0. The highest BCUT2D eigenvalue weighted by atomic mass is 35.5. The maximum atomic E-state index is 13.1. The smallest absolute Gasteiger partial charge is 0.228 e. The number of amides is 2. The highest BCUT2D eigenvalue weighted by Gasteiger charge is 2.49. The van der Waals surface area contributed by atoms with Crippen LogP contribution >= 0.6 is 12.4 Å². The van der Waals surface area contributed by atoms with E-state index in [1.54, 1.807) is 0 Å². The summed E-state index contributed by atoms with van der Waals surface area (Å²) in [6, 6.07) is 8.05. The molecule has 6 heteroatoms. The van der Waals surface area contributed by atoms with E-state index in [1.807, 2.05) is 36.1 Å². The van der Waals surface area contributed by atoms with Gasteiger partial charge in [-0.1, -0.05) is 25.0 Å². The molecule has 0 spiro atoms. The fourth-order valence-electron chi connectivity index (χ4n) is 4.98. The second kappa shape index (κ2) is 8.19. The number of nitrogens with one attached hydrogen (secondary N) is 2. The molecule has 1 aromatic carbocycles. The topological polar surface area (TPSA) is 61.4 Å². The van der Waals surface area contributed by atoms with Gasteiger partial charge in [0.25, 0.3) is 0 Å². The van der Waals surface area contributed by atoms with Crippen molar-refractivity contribution >= 4 is 29.9 Å². The molecule has 0 radical (unpaired) electrons. The molecule has 2 aliphatic heterocycles. The van der Waals surface area contributed by atoms with Crippen molar-refractivity contribution in [3.8, 4) is 0 Å². The summed E-state index contributed by atoms with van der Waals surface area (Å²) in [4.78, 5) is 26.8. The zero-order valence-corrected chi connectivity index (χ0v) is 16.8. The molecule has 5 nitrogen and oxygen atoms in total. The number of carbonyl (C=O) groups is 2. The second-order valence-corrected chi connectivity index (χ2v) is 8.17. The van der Waals surface area contributed by atoms with Gasteiger partial charge in [-0.3, -0.25) is 9.59 Å². The Hall–Kier alpha value is -1.59. The van der Waals surface area contributed by atoms with Crippen LogP contribution in [-0.4, -0.2) is 31.4 Å². The van der Waals surface area contributed by atoms with Crippen LogP contribution in [-0.2, 0) is 9.59 Å². The standard InChI is InChI=1S/C21H29N3O2.ClH/c1-15(16-7-9-18(10-8-16)24-12-4-6-19(24)25)23-20(26)21-11-3-2-5-17(21)13-22-14-21;/h7-10,15,17,22H,2-6,11-14H2,1H3,(H,23,26);1H/t15?,17-,21+;/m0./s1. The normalized spacial score (nSPS) is 28.4. The van der Waals surface area contributed by atoms with Crippen molar-refractivity contribution in [3.63, 3.8) is 0 Å². The predicted octanol–water partition coefficient (Wildman–Crippen LogP) is 3.19. The van der Waals surface area contributed by atoms with E-state index < -0.39 is 0 Å². The highest BCUT2D eigenvalue weighted by molar-refractivity contribution is 5.95. The molecule has 2 heterocycles. The first-order valence-corrected chi connectivity index (χ1v) is 10.0. The maximum Gasteiger partial charge on any atom is 0.228 e. The summed E-state index contributed by atoms with van der Waals surface area (Å²) in [5, 5.41) is 6.71. The molecule has 2 saturated heterocycles. The van der Waals surface area contributed by atoms with Crippen LogP contribution in [0.25, 0.3) is 0 Å². The molecule has 1 aliphatic carbocycles. The molecule has 2 N–H and O–H groups in total. The lowest BCUT2D eigenvalue weighted by atomic mass is 9.67. The molecular weight excluding hydrogens is 362 g/mol. The summed E-state index contributed by atoms with van der Waals surface area (Å²) in [6.45, 7) is 4.64. The fraction of sp³-hybridized carbons (Fsp3) is 0.619. The van der Waals surface area contributed by atoms with Crippen molar-refractivity contribution in [3.05, 3.63) is 29.8 Å². The molecule has 0 aromatic heterocycles. The van der Waals surface area contributed by atoms with Crippen LogP contribution < -0.4 is 15.5 Å². The maximum absolute atomic E-state index is 13.1. The van der Waals surface area contributed by atoms with Gasteiger partial charge in [-0.05, 0) is 56.3 Å². The molecule has 1 aromatic rings. The van der Waals surface area contributed by atoms with E-state index in [0.29, 0.717) is 12.3 Å². The van der Waals surface area contributed by atoms with Crippen LogP contribution in [0.4, 0.5) is 5.69 Å². The molecule has 27 heavy (non-hydrogen) atoms. The van der Waals surface area contributed by atoms with Crippen molar-refractivity contribution in [2.75, 3.05) is 24.5 Å². The lowest BCUT2D eigenvalue weighted by Crippen LogP contribution is -2.48. The van der Waals surface area contributed by atoms with Crippen molar-refractivity contribution in [1.29, 1.82) is 0 Å². The van der Waals surface area contributed by atoms with Gasteiger partial charge in [0.05, 0.1) is 11.5 Å². The van der Waals surface area contributed by atoms with Crippen LogP contribution in [0, 0.1) is 11.3 Å². The summed E-state index contributed by atoms with van der Waals surface area (Å²) in [5.41, 5.74) is 1.83. The van der Waals surface area contributed by atoms with Crippen molar-refractivity contribution in [2.45, 2.75) is 51.5 Å². The van der Waals surface area contributed by atoms with Crippen LogP contribution in [0.5, 0.6) is 0 Å². The Morgan fingerprint density at radius 2 is 2.04 bits per heavy atom. The van der Waals surface area contributed by atoms with Crippen LogP contribution in [0.2, 0.25) is 0 Å². The first-order chi connectivity index (χ1) is 12.6. The third-order valence-corrected chi connectivity index (χ3v) is 6.62. The third-order valence-electron chi connectivity index (χ3n) is 6.62.